The Morgan fingerprint density at radius 1 is 1.35 bits per heavy atom. The summed E-state index contributed by atoms with van der Waals surface area (Å²) >= 11 is 7.52. The molecule has 0 aliphatic heterocycles. The lowest BCUT2D eigenvalue weighted by Crippen LogP contribution is -2.40. The van der Waals surface area contributed by atoms with Gasteiger partial charge in [0.25, 0.3) is 0 Å². The number of rotatable bonds is 7. The molecule has 112 valence electrons. The predicted molar refractivity (Wildman–Crippen MR) is 87.5 cm³/mol. The zero-order valence-electron chi connectivity index (χ0n) is 12.6. The fourth-order valence-corrected chi connectivity index (χ4v) is 3.07. The normalized spacial score (nSPS) is 11.7. The number of halogens is 1. The summed E-state index contributed by atoms with van der Waals surface area (Å²) in [5.41, 5.74) is 0.0637. The first-order chi connectivity index (χ1) is 9.30. The quantitative estimate of drug-likeness (QED) is 0.785. The van der Waals surface area contributed by atoms with Crippen LogP contribution in [0.15, 0.2) is 29.2 Å². The fourth-order valence-electron chi connectivity index (χ4n) is 2.01. The van der Waals surface area contributed by atoms with Crippen molar-refractivity contribution in [2.45, 2.75) is 18.7 Å². The van der Waals surface area contributed by atoms with Crippen LogP contribution >= 0.6 is 23.4 Å². The van der Waals surface area contributed by atoms with Gasteiger partial charge in [-0.2, -0.15) is 0 Å². The molecule has 0 saturated heterocycles. The molecule has 1 N–H and O–H groups in total. The Morgan fingerprint density at radius 3 is 2.60 bits per heavy atom. The Labute approximate surface area is 131 Å². The SMILES string of the molecule is CN(C)CC(C)(C)CNC(=O)CSc1ccccc1Cl. The van der Waals surface area contributed by atoms with E-state index in [1.807, 2.05) is 38.4 Å². The Morgan fingerprint density at radius 2 is 2.00 bits per heavy atom. The van der Waals surface area contributed by atoms with Gasteiger partial charge in [-0.1, -0.05) is 37.6 Å². The van der Waals surface area contributed by atoms with Crippen molar-refractivity contribution >= 4 is 29.3 Å². The molecule has 0 aliphatic rings. The molecule has 0 aromatic heterocycles. The van der Waals surface area contributed by atoms with E-state index in [2.05, 4.69) is 24.1 Å². The Balaban J connectivity index is 2.36. The van der Waals surface area contributed by atoms with Gasteiger partial charge in [0.05, 0.1) is 10.8 Å². The Hall–Kier alpha value is -0.710. The monoisotopic (exact) mass is 314 g/mol. The van der Waals surface area contributed by atoms with Gasteiger partial charge in [0, 0.05) is 18.0 Å². The summed E-state index contributed by atoms with van der Waals surface area (Å²) in [5.74, 6) is 0.434. The molecule has 0 fully saturated rings. The van der Waals surface area contributed by atoms with Crippen LogP contribution in [0.5, 0.6) is 0 Å². The molecule has 0 heterocycles. The van der Waals surface area contributed by atoms with E-state index < -0.39 is 0 Å². The number of amides is 1. The molecule has 1 amide bonds. The van der Waals surface area contributed by atoms with E-state index in [1.54, 1.807) is 0 Å². The summed E-state index contributed by atoms with van der Waals surface area (Å²) in [5, 5.41) is 3.68. The Kier molecular flexibility index (Phi) is 6.86. The van der Waals surface area contributed by atoms with E-state index in [4.69, 9.17) is 11.6 Å². The highest BCUT2D eigenvalue weighted by atomic mass is 35.5. The second-order valence-corrected chi connectivity index (χ2v) is 7.32. The minimum atomic E-state index is 0.0433. The van der Waals surface area contributed by atoms with Crippen LogP contribution in [0.2, 0.25) is 5.02 Å². The largest absolute Gasteiger partial charge is 0.355 e. The molecule has 1 aromatic rings. The third-order valence-corrected chi connectivity index (χ3v) is 4.22. The van der Waals surface area contributed by atoms with Gasteiger partial charge < -0.3 is 10.2 Å². The highest BCUT2D eigenvalue weighted by Crippen LogP contribution is 2.26. The molecule has 0 atom stereocenters. The average molecular weight is 315 g/mol. The molecule has 20 heavy (non-hydrogen) atoms. The molecular weight excluding hydrogens is 292 g/mol. The Bertz CT molecular complexity index is 449. The standard InChI is InChI=1S/C15H23ClN2OS/c1-15(2,11-18(3)4)10-17-14(19)9-20-13-8-6-5-7-12(13)16/h5-8H,9-11H2,1-4H3,(H,17,19). The number of carbonyl (C=O) groups is 1. The van der Waals surface area contributed by atoms with Gasteiger partial charge in [-0.25, -0.2) is 0 Å². The number of hydrogen-bond donors (Lipinski definition) is 1. The van der Waals surface area contributed by atoms with Crippen LogP contribution in [-0.2, 0) is 4.79 Å². The van der Waals surface area contributed by atoms with Crippen LogP contribution < -0.4 is 5.32 Å². The van der Waals surface area contributed by atoms with E-state index >= 15 is 0 Å². The topological polar surface area (TPSA) is 32.3 Å². The lowest BCUT2D eigenvalue weighted by molar-refractivity contribution is -0.119. The maximum Gasteiger partial charge on any atom is 0.230 e. The van der Waals surface area contributed by atoms with Gasteiger partial charge in [-0.3, -0.25) is 4.79 Å². The van der Waals surface area contributed by atoms with Crippen LogP contribution in [0.25, 0.3) is 0 Å². The van der Waals surface area contributed by atoms with Crippen LogP contribution in [-0.4, -0.2) is 43.7 Å². The van der Waals surface area contributed by atoms with Gasteiger partial charge in [0.1, 0.15) is 0 Å². The number of nitrogens with zero attached hydrogens (tertiary/aromatic N) is 1. The van der Waals surface area contributed by atoms with E-state index in [0.717, 1.165) is 11.4 Å². The highest BCUT2D eigenvalue weighted by Gasteiger charge is 2.19. The van der Waals surface area contributed by atoms with E-state index in [0.29, 0.717) is 17.3 Å². The number of carbonyl (C=O) groups excluding carboxylic acids is 1. The molecule has 3 nitrogen and oxygen atoms in total. The third-order valence-electron chi connectivity index (χ3n) is 2.70. The van der Waals surface area contributed by atoms with E-state index in [9.17, 15) is 4.79 Å². The lowest BCUT2D eigenvalue weighted by atomic mass is 9.93. The second-order valence-electron chi connectivity index (χ2n) is 5.90. The third kappa shape index (κ3) is 6.64. The molecule has 0 saturated carbocycles. The van der Waals surface area contributed by atoms with E-state index in [1.165, 1.54) is 11.8 Å². The van der Waals surface area contributed by atoms with Crippen molar-refractivity contribution in [3.8, 4) is 0 Å². The number of hydrogen-bond acceptors (Lipinski definition) is 3. The van der Waals surface area contributed by atoms with Gasteiger partial charge in [-0.15, -0.1) is 11.8 Å². The molecule has 1 aromatic carbocycles. The zero-order chi connectivity index (χ0) is 15.2. The van der Waals surface area contributed by atoms with Gasteiger partial charge in [0.2, 0.25) is 5.91 Å². The summed E-state index contributed by atoms with van der Waals surface area (Å²) in [6.45, 7) is 5.90. The van der Waals surface area contributed by atoms with Crippen molar-refractivity contribution in [3.63, 3.8) is 0 Å². The molecular formula is C15H23ClN2OS. The molecule has 0 spiro atoms. The van der Waals surface area contributed by atoms with Crippen LogP contribution in [0.4, 0.5) is 0 Å². The maximum absolute atomic E-state index is 11.9. The summed E-state index contributed by atoms with van der Waals surface area (Å²) in [6.07, 6.45) is 0. The van der Waals surface area contributed by atoms with Crippen molar-refractivity contribution in [2.24, 2.45) is 5.41 Å². The van der Waals surface area contributed by atoms with Crippen molar-refractivity contribution in [1.82, 2.24) is 10.2 Å². The maximum atomic E-state index is 11.9. The highest BCUT2D eigenvalue weighted by molar-refractivity contribution is 8.00. The summed E-state index contributed by atoms with van der Waals surface area (Å²) in [6, 6.07) is 7.57. The van der Waals surface area contributed by atoms with Gasteiger partial charge >= 0.3 is 0 Å². The number of benzene rings is 1. The number of thioether (sulfide) groups is 1. The molecule has 1 rings (SSSR count). The summed E-state index contributed by atoms with van der Waals surface area (Å²) in [4.78, 5) is 14.9. The molecule has 0 radical (unpaired) electrons. The van der Waals surface area contributed by atoms with Crippen molar-refractivity contribution in [3.05, 3.63) is 29.3 Å². The molecule has 0 aliphatic carbocycles. The first-order valence-corrected chi connectivity index (χ1v) is 7.95. The summed E-state index contributed by atoms with van der Waals surface area (Å²) in [7, 11) is 4.08. The molecule has 0 unspecified atom stereocenters. The minimum Gasteiger partial charge on any atom is -0.355 e. The molecule has 0 bridgehead atoms. The van der Waals surface area contributed by atoms with Crippen molar-refractivity contribution < 1.29 is 4.79 Å². The van der Waals surface area contributed by atoms with E-state index in [-0.39, 0.29) is 11.3 Å². The van der Waals surface area contributed by atoms with Crippen molar-refractivity contribution in [2.75, 3.05) is 32.9 Å². The van der Waals surface area contributed by atoms with Crippen molar-refractivity contribution in [1.29, 1.82) is 0 Å². The second kappa shape index (κ2) is 7.91. The number of nitrogens with one attached hydrogen (secondary N) is 1. The predicted octanol–water partition coefficient (Wildman–Crippen LogP) is 3.14. The van der Waals surface area contributed by atoms with Gasteiger partial charge in [0.15, 0.2) is 0 Å². The molecule has 5 heteroatoms. The fraction of sp³-hybridized carbons (Fsp3) is 0.533. The van der Waals surface area contributed by atoms with Crippen LogP contribution in [0.1, 0.15) is 13.8 Å². The van der Waals surface area contributed by atoms with Crippen LogP contribution in [0.3, 0.4) is 0 Å². The lowest BCUT2D eigenvalue weighted by Gasteiger charge is -2.28. The van der Waals surface area contributed by atoms with Crippen LogP contribution in [0, 0.1) is 5.41 Å². The zero-order valence-corrected chi connectivity index (χ0v) is 14.1. The first kappa shape index (κ1) is 17.3. The van der Waals surface area contributed by atoms with Gasteiger partial charge in [-0.05, 0) is 31.6 Å². The average Bonchev–Trinajstić information content (AvgIpc) is 2.34. The first-order valence-electron chi connectivity index (χ1n) is 6.59. The smallest absolute Gasteiger partial charge is 0.230 e. The summed E-state index contributed by atoms with van der Waals surface area (Å²) < 4.78 is 0. The minimum absolute atomic E-state index is 0.0433.